The largest absolute Gasteiger partial charge is 0.497 e. The van der Waals surface area contributed by atoms with Crippen molar-refractivity contribution in [2.75, 3.05) is 26.9 Å². The molecule has 1 fully saturated rings. The van der Waals surface area contributed by atoms with Gasteiger partial charge in [0.15, 0.2) is 0 Å². The number of pyridine rings is 1. The first-order chi connectivity index (χ1) is 8.88. The number of hydrogen-bond acceptors (Lipinski definition) is 4. The van der Waals surface area contributed by atoms with Crippen LogP contribution < -0.4 is 10.1 Å². The van der Waals surface area contributed by atoms with Crippen molar-refractivity contribution >= 4 is 10.8 Å². The average Bonchev–Trinajstić information content (AvgIpc) is 2.47. The number of fused-ring (bicyclic) bond motifs is 1. The average molecular weight is 244 g/mol. The third-order valence-corrected chi connectivity index (χ3v) is 3.25. The molecule has 18 heavy (non-hydrogen) atoms. The number of methoxy groups -OCH3 is 1. The van der Waals surface area contributed by atoms with Crippen molar-refractivity contribution < 1.29 is 9.47 Å². The van der Waals surface area contributed by atoms with E-state index in [9.17, 15) is 0 Å². The van der Waals surface area contributed by atoms with Gasteiger partial charge in [0, 0.05) is 18.1 Å². The maximum absolute atomic E-state index is 5.50. The summed E-state index contributed by atoms with van der Waals surface area (Å²) in [5.41, 5.74) is 1.05. The fraction of sp³-hybridized carbons (Fsp3) is 0.357. The first-order valence-corrected chi connectivity index (χ1v) is 6.12. The molecule has 94 valence electrons. The number of aromatic nitrogens is 1. The molecule has 1 aromatic carbocycles. The molecule has 0 aliphatic carbocycles. The standard InChI is InChI=1S/C14H16N2O2/c1-17-11-2-3-12-10(8-11)4-5-16-14(12)13-9-18-7-6-15-13/h2-5,8,13,15H,6-7,9H2,1H3. The SMILES string of the molecule is COc1ccc2c(C3COCCN3)nccc2c1. The van der Waals surface area contributed by atoms with Crippen LogP contribution in [0, 0.1) is 0 Å². The molecule has 0 radical (unpaired) electrons. The van der Waals surface area contributed by atoms with Gasteiger partial charge in [0.1, 0.15) is 5.75 Å². The lowest BCUT2D eigenvalue weighted by atomic mass is 10.0. The zero-order chi connectivity index (χ0) is 12.4. The molecule has 1 aromatic heterocycles. The van der Waals surface area contributed by atoms with E-state index in [0.29, 0.717) is 6.61 Å². The molecule has 0 bridgehead atoms. The van der Waals surface area contributed by atoms with Gasteiger partial charge in [0.25, 0.3) is 0 Å². The molecule has 1 atom stereocenters. The van der Waals surface area contributed by atoms with Crippen LogP contribution in [0.5, 0.6) is 5.75 Å². The minimum absolute atomic E-state index is 0.177. The van der Waals surface area contributed by atoms with Crippen molar-refractivity contribution in [2.24, 2.45) is 0 Å². The van der Waals surface area contributed by atoms with E-state index < -0.39 is 0 Å². The Balaban J connectivity index is 2.05. The van der Waals surface area contributed by atoms with Crippen LogP contribution in [0.4, 0.5) is 0 Å². The predicted octanol–water partition coefficient (Wildman–Crippen LogP) is 1.90. The van der Waals surface area contributed by atoms with Gasteiger partial charge in [-0.25, -0.2) is 0 Å². The van der Waals surface area contributed by atoms with E-state index in [4.69, 9.17) is 9.47 Å². The third-order valence-electron chi connectivity index (χ3n) is 3.25. The molecule has 4 heteroatoms. The molecular weight excluding hydrogens is 228 g/mol. The molecule has 4 nitrogen and oxygen atoms in total. The fourth-order valence-corrected chi connectivity index (χ4v) is 2.33. The maximum atomic E-state index is 5.50. The van der Waals surface area contributed by atoms with Crippen molar-refractivity contribution in [3.8, 4) is 5.75 Å². The molecule has 1 aliphatic heterocycles. The number of benzene rings is 1. The monoisotopic (exact) mass is 244 g/mol. The van der Waals surface area contributed by atoms with Crippen molar-refractivity contribution in [3.63, 3.8) is 0 Å². The van der Waals surface area contributed by atoms with Gasteiger partial charge >= 0.3 is 0 Å². The Labute approximate surface area is 106 Å². The highest BCUT2D eigenvalue weighted by Gasteiger charge is 2.18. The molecule has 3 rings (SSSR count). The summed E-state index contributed by atoms with van der Waals surface area (Å²) in [6, 6.07) is 8.25. The Morgan fingerprint density at radius 2 is 2.33 bits per heavy atom. The Hall–Kier alpha value is -1.65. The van der Waals surface area contributed by atoms with Crippen LogP contribution in [0.3, 0.4) is 0 Å². The summed E-state index contributed by atoms with van der Waals surface area (Å²) in [7, 11) is 1.68. The first kappa shape index (κ1) is 11.4. The summed E-state index contributed by atoms with van der Waals surface area (Å²) < 4.78 is 10.8. The van der Waals surface area contributed by atoms with E-state index in [1.165, 1.54) is 0 Å². The summed E-state index contributed by atoms with van der Waals surface area (Å²) >= 11 is 0. The molecular formula is C14H16N2O2. The molecule has 2 heterocycles. The summed E-state index contributed by atoms with van der Waals surface area (Å²) in [5.74, 6) is 0.868. The van der Waals surface area contributed by atoms with E-state index in [1.54, 1.807) is 7.11 Å². The number of nitrogens with zero attached hydrogens (tertiary/aromatic N) is 1. The van der Waals surface area contributed by atoms with Crippen LogP contribution in [-0.4, -0.2) is 31.9 Å². The normalized spacial score (nSPS) is 19.9. The van der Waals surface area contributed by atoms with E-state index >= 15 is 0 Å². The van der Waals surface area contributed by atoms with Gasteiger partial charge in [-0.15, -0.1) is 0 Å². The number of nitrogens with one attached hydrogen (secondary N) is 1. The summed E-state index contributed by atoms with van der Waals surface area (Å²) in [6.45, 7) is 2.33. The van der Waals surface area contributed by atoms with Crippen LogP contribution in [-0.2, 0) is 4.74 Å². The number of ether oxygens (including phenoxy) is 2. The Morgan fingerprint density at radius 3 is 3.11 bits per heavy atom. The number of rotatable bonds is 2. The molecule has 1 saturated heterocycles. The van der Waals surface area contributed by atoms with E-state index in [0.717, 1.165) is 35.4 Å². The topological polar surface area (TPSA) is 43.4 Å². The Bertz CT molecular complexity index is 550. The molecule has 1 N–H and O–H groups in total. The number of hydrogen-bond donors (Lipinski definition) is 1. The first-order valence-electron chi connectivity index (χ1n) is 6.12. The second-order valence-corrected chi connectivity index (χ2v) is 4.36. The lowest BCUT2D eigenvalue weighted by molar-refractivity contribution is 0.0761. The van der Waals surface area contributed by atoms with E-state index in [-0.39, 0.29) is 6.04 Å². The summed E-state index contributed by atoms with van der Waals surface area (Å²) in [6.07, 6.45) is 1.84. The van der Waals surface area contributed by atoms with Crippen LogP contribution in [0.25, 0.3) is 10.8 Å². The van der Waals surface area contributed by atoms with Gasteiger partial charge in [-0.3, -0.25) is 4.98 Å². The van der Waals surface area contributed by atoms with E-state index in [2.05, 4.69) is 16.4 Å². The third kappa shape index (κ3) is 2.05. The van der Waals surface area contributed by atoms with Gasteiger partial charge in [-0.05, 0) is 29.7 Å². The minimum atomic E-state index is 0.177. The van der Waals surface area contributed by atoms with Gasteiger partial charge in [0.05, 0.1) is 32.1 Å². The minimum Gasteiger partial charge on any atom is -0.497 e. The van der Waals surface area contributed by atoms with Crippen molar-refractivity contribution in [2.45, 2.75) is 6.04 Å². The second kappa shape index (κ2) is 4.92. The smallest absolute Gasteiger partial charge is 0.119 e. The molecule has 1 unspecified atom stereocenters. The highest BCUT2D eigenvalue weighted by atomic mass is 16.5. The summed E-state index contributed by atoms with van der Waals surface area (Å²) in [4.78, 5) is 4.50. The van der Waals surface area contributed by atoms with Crippen LogP contribution in [0.2, 0.25) is 0 Å². The fourth-order valence-electron chi connectivity index (χ4n) is 2.33. The van der Waals surface area contributed by atoms with Gasteiger partial charge in [-0.1, -0.05) is 0 Å². The lowest BCUT2D eigenvalue weighted by Gasteiger charge is -2.24. The quantitative estimate of drug-likeness (QED) is 0.876. The van der Waals surface area contributed by atoms with Crippen molar-refractivity contribution in [1.82, 2.24) is 10.3 Å². The Morgan fingerprint density at radius 1 is 1.39 bits per heavy atom. The van der Waals surface area contributed by atoms with Crippen LogP contribution in [0.1, 0.15) is 11.7 Å². The molecule has 0 amide bonds. The van der Waals surface area contributed by atoms with Gasteiger partial charge in [0.2, 0.25) is 0 Å². The molecule has 2 aromatic rings. The second-order valence-electron chi connectivity index (χ2n) is 4.36. The maximum Gasteiger partial charge on any atom is 0.119 e. The zero-order valence-corrected chi connectivity index (χ0v) is 10.3. The highest BCUT2D eigenvalue weighted by Crippen LogP contribution is 2.26. The molecule has 0 saturated carbocycles. The molecule has 1 aliphatic rings. The number of morpholine rings is 1. The zero-order valence-electron chi connectivity index (χ0n) is 10.3. The van der Waals surface area contributed by atoms with Gasteiger partial charge < -0.3 is 14.8 Å². The van der Waals surface area contributed by atoms with Crippen LogP contribution >= 0.6 is 0 Å². The lowest BCUT2D eigenvalue weighted by Crippen LogP contribution is -2.35. The van der Waals surface area contributed by atoms with Crippen LogP contribution in [0.15, 0.2) is 30.5 Å². The van der Waals surface area contributed by atoms with Crippen molar-refractivity contribution in [3.05, 3.63) is 36.2 Å². The predicted molar refractivity (Wildman–Crippen MR) is 69.9 cm³/mol. The summed E-state index contributed by atoms with van der Waals surface area (Å²) in [5, 5.41) is 5.74. The highest BCUT2D eigenvalue weighted by molar-refractivity contribution is 5.86. The van der Waals surface area contributed by atoms with E-state index in [1.807, 2.05) is 24.4 Å². The molecule has 0 spiro atoms. The van der Waals surface area contributed by atoms with Crippen molar-refractivity contribution in [1.29, 1.82) is 0 Å². The Kier molecular flexibility index (Phi) is 3.13. The van der Waals surface area contributed by atoms with Gasteiger partial charge in [-0.2, -0.15) is 0 Å².